The SMILES string of the molecule is COC(=O)/C=C/c1ccc2c(c1)C(=O)CC1(CCCN(C(C)C)C1)O2. The molecule has 5 nitrogen and oxygen atoms in total. The second-order valence-electron chi connectivity index (χ2n) is 7.16. The predicted molar refractivity (Wildman–Crippen MR) is 95.7 cm³/mol. The molecule has 1 fully saturated rings. The van der Waals surface area contributed by atoms with E-state index in [0.29, 0.717) is 23.8 Å². The lowest BCUT2D eigenvalue weighted by atomic mass is 9.83. The fourth-order valence-corrected chi connectivity index (χ4v) is 3.65. The third-order valence-electron chi connectivity index (χ3n) is 5.03. The number of Topliss-reactive ketones (excluding diaryl/α,β-unsaturated/α-hetero) is 1. The second kappa shape index (κ2) is 7.00. The number of carbonyl (C=O) groups is 2. The lowest BCUT2D eigenvalue weighted by molar-refractivity contribution is -0.134. The number of likely N-dealkylation sites (tertiary alicyclic amines) is 1. The van der Waals surface area contributed by atoms with Gasteiger partial charge in [-0.3, -0.25) is 9.69 Å². The zero-order valence-electron chi connectivity index (χ0n) is 15.1. The zero-order valence-corrected chi connectivity index (χ0v) is 15.1. The molecule has 2 aliphatic rings. The Kier molecular flexibility index (Phi) is 4.95. The van der Waals surface area contributed by atoms with Gasteiger partial charge in [0, 0.05) is 18.7 Å². The first-order valence-corrected chi connectivity index (χ1v) is 8.79. The normalized spacial score (nSPS) is 23.8. The average molecular weight is 343 g/mol. The summed E-state index contributed by atoms with van der Waals surface area (Å²) >= 11 is 0. The molecular formula is C20H25NO4. The van der Waals surface area contributed by atoms with Crippen molar-refractivity contribution in [2.75, 3.05) is 20.2 Å². The van der Waals surface area contributed by atoms with Crippen LogP contribution in [0.4, 0.5) is 0 Å². The Morgan fingerprint density at radius 1 is 1.40 bits per heavy atom. The summed E-state index contributed by atoms with van der Waals surface area (Å²) in [6, 6.07) is 5.92. The molecular weight excluding hydrogens is 318 g/mol. The van der Waals surface area contributed by atoms with Gasteiger partial charge < -0.3 is 9.47 Å². The molecule has 1 aromatic carbocycles. The molecule has 0 N–H and O–H groups in total. The van der Waals surface area contributed by atoms with E-state index in [1.807, 2.05) is 12.1 Å². The maximum absolute atomic E-state index is 12.8. The van der Waals surface area contributed by atoms with Gasteiger partial charge in [0.05, 0.1) is 19.1 Å². The van der Waals surface area contributed by atoms with Gasteiger partial charge in [-0.05, 0) is 57.0 Å². The number of fused-ring (bicyclic) bond motifs is 1. The van der Waals surface area contributed by atoms with Gasteiger partial charge >= 0.3 is 5.97 Å². The first-order valence-electron chi connectivity index (χ1n) is 8.79. The minimum atomic E-state index is -0.421. The largest absolute Gasteiger partial charge is 0.485 e. The van der Waals surface area contributed by atoms with Gasteiger partial charge in [-0.2, -0.15) is 0 Å². The van der Waals surface area contributed by atoms with Crippen molar-refractivity contribution in [1.82, 2.24) is 4.90 Å². The molecule has 0 bridgehead atoms. The molecule has 0 saturated carbocycles. The number of hydrogen-bond acceptors (Lipinski definition) is 5. The van der Waals surface area contributed by atoms with Gasteiger partial charge in [-0.25, -0.2) is 4.79 Å². The molecule has 1 spiro atoms. The van der Waals surface area contributed by atoms with Gasteiger partial charge in [0.15, 0.2) is 5.78 Å². The van der Waals surface area contributed by atoms with Gasteiger partial charge in [0.2, 0.25) is 0 Å². The van der Waals surface area contributed by atoms with Crippen LogP contribution in [-0.2, 0) is 9.53 Å². The first kappa shape index (κ1) is 17.7. The number of carbonyl (C=O) groups excluding carboxylic acids is 2. The molecule has 5 heteroatoms. The van der Waals surface area contributed by atoms with Crippen LogP contribution < -0.4 is 4.74 Å². The molecule has 0 amide bonds. The summed E-state index contributed by atoms with van der Waals surface area (Å²) < 4.78 is 10.9. The van der Waals surface area contributed by atoms with E-state index in [0.717, 1.165) is 31.5 Å². The topological polar surface area (TPSA) is 55.8 Å². The molecule has 0 aliphatic carbocycles. The van der Waals surface area contributed by atoms with Crippen molar-refractivity contribution < 1.29 is 19.1 Å². The van der Waals surface area contributed by atoms with E-state index in [1.54, 1.807) is 12.1 Å². The minimum absolute atomic E-state index is 0.111. The molecule has 1 saturated heterocycles. The number of esters is 1. The van der Waals surface area contributed by atoms with E-state index in [4.69, 9.17) is 4.74 Å². The van der Waals surface area contributed by atoms with E-state index in [9.17, 15) is 9.59 Å². The van der Waals surface area contributed by atoms with E-state index in [1.165, 1.54) is 13.2 Å². The lowest BCUT2D eigenvalue weighted by Crippen LogP contribution is -2.56. The van der Waals surface area contributed by atoms with Crippen LogP contribution in [0, 0.1) is 0 Å². The van der Waals surface area contributed by atoms with Crippen molar-refractivity contribution in [1.29, 1.82) is 0 Å². The molecule has 3 rings (SSSR count). The Balaban J connectivity index is 1.83. The number of ether oxygens (including phenoxy) is 2. The van der Waals surface area contributed by atoms with Crippen LogP contribution in [0.15, 0.2) is 24.3 Å². The number of methoxy groups -OCH3 is 1. The van der Waals surface area contributed by atoms with Crippen LogP contribution in [0.25, 0.3) is 6.08 Å². The van der Waals surface area contributed by atoms with Crippen molar-refractivity contribution in [3.8, 4) is 5.75 Å². The highest BCUT2D eigenvalue weighted by atomic mass is 16.5. The summed E-state index contributed by atoms with van der Waals surface area (Å²) in [5.74, 6) is 0.340. The standard InChI is InChI=1S/C20H25NO4/c1-14(2)21-10-4-9-20(13-21)12-17(22)16-11-15(5-7-18(16)25-20)6-8-19(23)24-3/h5-8,11,14H,4,9-10,12-13H2,1-3H3/b8-6+. The van der Waals surface area contributed by atoms with Crippen LogP contribution >= 0.6 is 0 Å². The van der Waals surface area contributed by atoms with Crippen molar-refractivity contribution >= 4 is 17.8 Å². The van der Waals surface area contributed by atoms with Gasteiger partial charge in [-0.15, -0.1) is 0 Å². The van der Waals surface area contributed by atoms with Crippen LogP contribution in [0.2, 0.25) is 0 Å². The van der Waals surface area contributed by atoms with E-state index in [-0.39, 0.29) is 5.78 Å². The number of rotatable bonds is 3. The average Bonchev–Trinajstić information content (AvgIpc) is 2.59. The highest BCUT2D eigenvalue weighted by molar-refractivity contribution is 6.01. The molecule has 25 heavy (non-hydrogen) atoms. The van der Waals surface area contributed by atoms with Crippen molar-refractivity contribution in [3.05, 3.63) is 35.4 Å². The smallest absolute Gasteiger partial charge is 0.330 e. The quantitative estimate of drug-likeness (QED) is 0.623. The molecule has 0 radical (unpaired) electrons. The first-order chi connectivity index (χ1) is 11.9. The number of nitrogens with zero attached hydrogens (tertiary/aromatic N) is 1. The number of hydrogen-bond donors (Lipinski definition) is 0. The van der Waals surface area contributed by atoms with E-state index < -0.39 is 11.6 Å². The molecule has 0 aromatic heterocycles. The van der Waals surface area contributed by atoms with Gasteiger partial charge in [-0.1, -0.05) is 6.07 Å². The Morgan fingerprint density at radius 2 is 2.20 bits per heavy atom. The third kappa shape index (κ3) is 3.76. The van der Waals surface area contributed by atoms with E-state index in [2.05, 4.69) is 23.5 Å². The van der Waals surface area contributed by atoms with Crippen LogP contribution in [0.5, 0.6) is 5.75 Å². The monoisotopic (exact) mass is 343 g/mol. The second-order valence-corrected chi connectivity index (χ2v) is 7.16. The number of piperidine rings is 1. The molecule has 2 aliphatic heterocycles. The lowest BCUT2D eigenvalue weighted by Gasteiger charge is -2.46. The minimum Gasteiger partial charge on any atom is -0.485 e. The zero-order chi connectivity index (χ0) is 18.0. The molecule has 1 unspecified atom stereocenters. The fourth-order valence-electron chi connectivity index (χ4n) is 3.65. The Hall–Kier alpha value is -2.14. The predicted octanol–water partition coefficient (Wildman–Crippen LogP) is 3.08. The molecule has 1 aromatic rings. The molecule has 134 valence electrons. The van der Waals surface area contributed by atoms with E-state index >= 15 is 0 Å². The van der Waals surface area contributed by atoms with Gasteiger partial charge in [0.25, 0.3) is 0 Å². The summed E-state index contributed by atoms with van der Waals surface area (Å²) in [5.41, 5.74) is 0.972. The summed E-state index contributed by atoms with van der Waals surface area (Å²) in [7, 11) is 1.33. The molecule has 2 heterocycles. The van der Waals surface area contributed by atoms with Gasteiger partial charge in [0.1, 0.15) is 11.4 Å². The summed E-state index contributed by atoms with van der Waals surface area (Å²) in [5, 5.41) is 0. The Morgan fingerprint density at radius 3 is 2.92 bits per heavy atom. The summed E-state index contributed by atoms with van der Waals surface area (Å²) in [6.45, 7) is 6.20. The van der Waals surface area contributed by atoms with Crippen LogP contribution in [-0.4, -0.2) is 48.5 Å². The fraction of sp³-hybridized carbons (Fsp3) is 0.500. The van der Waals surface area contributed by atoms with Crippen molar-refractivity contribution in [3.63, 3.8) is 0 Å². The highest BCUT2D eigenvalue weighted by Gasteiger charge is 2.44. The van der Waals surface area contributed by atoms with Crippen LogP contribution in [0.3, 0.4) is 0 Å². The third-order valence-corrected chi connectivity index (χ3v) is 5.03. The summed E-state index contributed by atoms with van der Waals surface area (Å²) in [6.07, 6.45) is 5.35. The number of ketones is 1. The highest BCUT2D eigenvalue weighted by Crippen LogP contribution is 2.39. The Bertz CT molecular complexity index is 710. The van der Waals surface area contributed by atoms with Crippen LogP contribution in [0.1, 0.15) is 49.0 Å². The maximum Gasteiger partial charge on any atom is 0.330 e. The van der Waals surface area contributed by atoms with Crippen molar-refractivity contribution in [2.24, 2.45) is 0 Å². The number of benzene rings is 1. The maximum atomic E-state index is 12.8. The summed E-state index contributed by atoms with van der Waals surface area (Å²) in [4.78, 5) is 26.4. The Labute approximate surface area is 148 Å². The molecule has 1 atom stereocenters. The van der Waals surface area contributed by atoms with Crippen molar-refractivity contribution in [2.45, 2.75) is 44.8 Å².